The topological polar surface area (TPSA) is 108 Å². The highest BCUT2D eigenvalue weighted by Gasteiger charge is 2.32. The minimum Gasteiger partial charge on any atom is -0.377 e. The van der Waals surface area contributed by atoms with Gasteiger partial charge in [-0.2, -0.15) is 5.10 Å². The normalized spacial score (nSPS) is 18.8. The van der Waals surface area contributed by atoms with Gasteiger partial charge in [-0.3, -0.25) is 14.8 Å². The first-order chi connectivity index (χ1) is 14.3. The second-order valence-corrected chi connectivity index (χ2v) is 6.71. The van der Waals surface area contributed by atoms with Crippen molar-refractivity contribution in [3.05, 3.63) is 71.8 Å². The lowest BCUT2D eigenvalue weighted by Gasteiger charge is -2.21. The SMILES string of the molecule is O=c1ccc(-c2cccnc2)nn1C1COCC1Nc1ncnc2cnccc12. The molecule has 1 N–H and O–H groups in total. The maximum atomic E-state index is 12.6. The Labute approximate surface area is 165 Å². The second-order valence-electron chi connectivity index (χ2n) is 6.71. The van der Waals surface area contributed by atoms with Crippen LogP contribution in [0.5, 0.6) is 0 Å². The number of pyridine rings is 2. The zero-order valence-electron chi connectivity index (χ0n) is 15.3. The van der Waals surface area contributed by atoms with Crippen LogP contribution in [-0.4, -0.2) is 49.0 Å². The van der Waals surface area contributed by atoms with Crippen LogP contribution in [0.4, 0.5) is 5.82 Å². The predicted molar refractivity (Wildman–Crippen MR) is 106 cm³/mol. The highest BCUT2D eigenvalue weighted by Crippen LogP contribution is 2.25. The summed E-state index contributed by atoms with van der Waals surface area (Å²) >= 11 is 0. The standard InChI is InChI=1S/C20H17N7O2/c28-19-4-3-15(13-2-1-6-21-8-13)26-27(19)18-11-29-10-17(18)25-20-14-5-7-22-9-16(14)23-12-24-20/h1-9,12,17-18H,10-11H2,(H,23,24,25). The van der Waals surface area contributed by atoms with Crippen molar-refractivity contribution in [2.45, 2.75) is 12.1 Å². The third kappa shape index (κ3) is 3.32. The Kier molecular flexibility index (Phi) is 4.41. The van der Waals surface area contributed by atoms with Crippen molar-refractivity contribution >= 4 is 16.7 Å². The fourth-order valence-corrected chi connectivity index (χ4v) is 3.45. The maximum absolute atomic E-state index is 12.6. The summed E-state index contributed by atoms with van der Waals surface area (Å²) in [5.41, 5.74) is 2.09. The van der Waals surface area contributed by atoms with E-state index in [-0.39, 0.29) is 17.6 Å². The number of ether oxygens (including phenoxy) is 1. The molecule has 9 nitrogen and oxygen atoms in total. The molecule has 1 aliphatic heterocycles. The number of nitrogens with one attached hydrogen (secondary N) is 1. The van der Waals surface area contributed by atoms with Crippen molar-refractivity contribution < 1.29 is 4.74 Å². The largest absolute Gasteiger partial charge is 0.377 e. The summed E-state index contributed by atoms with van der Waals surface area (Å²) in [5, 5.41) is 8.84. The van der Waals surface area contributed by atoms with E-state index in [0.717, 1.165) is 16.5 Å². The molecule has 0 radical (unpaired) electrons. The van der Waals surface area contributed by atoms with Crippen LogP contribution < -0.4 is 10.9 Å². The molecule has 9 heteroatoms. The molecule has 29 heavy (non-hydrogen) atoms. The van der Waals surface area contributed by atoms with Gasteiger partial charge in [0, 0.05) is 35.6 Å². The van der Waals surface area contributed by atoms with E-state index in [1.165, 1.54) is 17.1 Å². The summed E-state index contributed by atoms with van der Waals surface area (Å²) < 4.78 is 7.16. The first kappa shape index (κ1) is 17.4. The molecule has 5 heterocycles. The summed E-state index contributed by atoms with van der Waals surface area (Å²) in [4.78, 5) is 29.4. The van der Waals surface area contributed by atoms with Gasteiger partial charge in [0.1, 0.15) is 18.2 Å². The minimum absolute atomic E-state index is 0.171. The van der Waals surface area contributed by atoms with E-state index in [1.54, 1.807) is 30.9 Å². The minimum atomic E-state index is -0.272. The van der Waals surface area contributed by atoms with Crippen molar-refractivity contribution in [3.63, 3.8) is 0 Å². The molecule has 4 aromatic heterocycles. The number of anilines is 1. The molecule has 1 saturated heterocycles. The fraction of sp³-hybridized carbons (Fsp3) is 0.200. The lowest BCUT2D eigenvalue weighted by atomic mass is 10.1. The van der Waals surface area contributed by atoms with Gasteiger partial charge in [0.05, 0.1) is 36.7 Å². The van der Waals surface area contributed by atoms with Crippen LogP contribution >= 0.6 is 0 Å². The predicted octanol–water partition coefficient (Wildman–Crippen LogP) is 1.70. The van der Waals surface area contributed by atoms with Crippen molar-refractivity contribution in [1.29, 1.82) is 0 Å². The van der Waals surface area contributed by atoms with E-state index >= 15 is 0 Å². The van der Waals surface area contributed by atoms with Crippen LogP contribution in [-0.2, 0) is 4.74 Å². The highest BCUT2D eigenvalue weighted by atomic mass is 16.5. The third-order valence-corrected chi connectivity index (χ3v) is 4.91. The Morgan fingerprint density at radius 1 is 1.03 bits per heavy atom. The number of nitrogens with zero attached hydrogens (tertiary/aromatic N) is 6. The number of rotatable bonds is 4. The monoisotopic (exact) mass is 387 g/mol. The van der Waals surface area contributed by atoms with E-state index in [1.807, 2.05) is 18.2 Å². The average Bonchev–Trinajstić information content (AvgIpc) is 3.23. The second kappa shape index (κ2) is 7.36. The van der Waals surface area contributed by atoms with Crippen LogP contribution in [0.25, 0.3) is 22.2 Å². The van der Waals surface area contributed by atoms with Gasteiger partial charge in [0.25, 0.3) is 5.56 Å². The quantitative estimate of drug-likeness (QED) is 0.564. The molecule has 0 amide bonds. The summed E-state index contributed by atoms with van der Waals surface area (Å²) in [5.74, 6) is 0.675. The average molecular weight is 387 g/mol. The van der Waals surface area contributed by atoms with Gasteiger partial charge in [-0.1, -0.05) is 0 Å². The Hall–Kier alpha value is -3.72. The van der Waals surface area contributed by atoms with Crippen molar-refractivity contribution in [1.82, 2.24) is 29.7 Å². The van der Waals surface area contributed by atoms with E-state index < -0.39 is 0 Å². The van der Waals surface area contributed by atoms with Gasteiger partial charge in [-0.25, -0.2) is 14.6 Å². The first-order valence-electron chi connectivity index (χ1n) is 9.19. The Morgan fingerprint density at radius 2 is 1.97 bits per heavy atom. The zero-order valence-corrected chi connectivity index (χ0v) is 15.3. The van der Waals surface area contributed by atoms with E-state index in [9.17, 15) is 4.79 Å². The van der Waals surface area contributed by atoms with Crippen LogP contribution in [0.2, 0.25) is 0 Å². The summed E-state index contributed by atoms with van der Waals surface area (Å²) in [6.07, 6.45) is 8.30. The van der Waals surface area contributed by atoms with Crippen molar-refractivity contribution in [2.75, 3.05) is 18.5 Å². The van der Waals surface area contributed by atoms with E-state index in [2.05, 4.69) is 30.4 Å². The molecular formula is C20H17N7O2. The Morgan fingerprint density at radius 3 is 2.86 bits per heavy atom. The van der Waals surface area contributed by atoms with Crippen molar-refractivity contribution in [2.24, 2.45) is 0 Å². The van der Waals surface area contributed by atoms with Gasteiger partial charge in [0.15, 0.2) is 0 Å². The van der Waals surface area contributed by atoms with E-state index in [4.69, 9.17) is 4.74 Å². The third-order valence-electron chi connectivity index (χ3n) is 4.91. The summed E-state index contributed by atoms with van der Waals surface area (Å²) in [6, 6.07) is 8.39. The molecule has 0 saturated carbocycles. The number of fused-ring (bicyclic) bond motifs is 1. The smallest absolute Gasteiger partial charge is 0.267 e. The molecule has 2 atom stereocenters. The number of hydrogen-bond acceptors (Lipinski definition) is 8. The van der Waals surface area contributed by atoms with Gasteiger partial charge in [-0.15, -0.1) is 0 Å². The Bertz CT molecular complexity index is 1210. The van der Waals surface area contributed by atoms with Crippen LogP contribution in [0.3, 0.4) is 0 Å². The molecule has 1 fully saturated rings. The van der Waals surface area contributed by atoms with Crippen LogP contribution in [0.1, 0.15) is 6.04 Å². The van der Waals surface area contributed by atoms with Gasteiger partial charge in [-0.05, 0) is 24.3 Å². The molecule has 1 aliphatic rings. The number of hydrogen-bond donors (Lipinski definition) is 1. The lowest BCUT2D eigenvalue weighted by molar-refractivity contribution is 0.183. The van der Waals surface area contributed by atoms with Crippen LogP contribution in [0, 0.1) is 0 Å². The number of aromatic nitrogens is 6. The summed E-state index contributed by atoms with van der Waals surface area (Å²) in [7, 11) is 0. The van der Waals surface area contributed by atoms with Gasteiger partial charge >= 0.3 is 0 Å². The molecule has 0 spiro atoms. The molecule has 144 valence electrons. The Balaban J connectivity index is 1.49. The first-order valence-corrected chi connectivity index (χ1v) is 9.19. The maximum Gasteiger partial charge on any atom is 0.267 e. The molecule has 0 bridgehead atoms. The fourth-order valence-electron chi connectivity index (χ4n) is 3.45. The van der Waals surface area contributed by atoms with Crippen molar-refractivity contribution in [3.8, 4) is 11.3 Å². The molecule has 5 rings (SSSR count). The van der Waals surface area contributed by atoms with Crippen LogP contribution in [0.15, 0.2) is 66.2 Å². The molecule has 0 aliphatic carbocycles. The summed E-state index contributed by atoms with van der Waals surface area (Å²) in [6.45, 7) is 0.818. The molecule has 2 unspecified atom stereocenters. The molecular weight excluding hydrogens is 370 g/mol. The van der Waals surface area contributed by atoms with E-state index in [0.29, 0.717) is 24.7 Å². The molecule has 0 aromatic carbocycles. The van der Waals surface area contributed by atoms with Gasteiger partial charge < -0.3 is 10.1 Å². The molecule has 4 aromatic rings. The zero-order chi connectivity index (χ0) is 19.6. The van der Waals surface area contributed by atoms with Gasteiger partial charge in [0.2, 0.25) is 0 Å². The highest BCUT2D eigenvalue weighted by molar-refractivity contribution is 5.88. The lowest BCUT2D eigenvalue weighted by Crippen LogP contribution is -2.37.